The first-order valence-electron chi connectivity index (χ1n) is 7.02. The number of hydrogen-bond acceptors (Lipinski definition) is 2. The van der Waals surface area contributed by atoms with Crippen LogP contribution in [0.25, 0.3) is 0 Å². The van der Waals surface area contributed by atoms with E-state index in [2.05, 4.69) is 31.0 Å². The van der Waals surface area contributed by atoms with E-state index in [1.807, 2.05) is 0 Å². The fourth-order valence-electron chi connectivity index (χ4n) is 2.49. The van der Waals surface area contributed by atoms with Crippen LogP contribution in [0, 0.1) is 5.41 Å². The molecular weight excluding hydrogens is 196 g/mol. The van der Waals surface area contributed by atoms with Crippen LogP contribution in [0.1, 0.15) is 52.9 Å². The molecule has 0 bridgehead atoms. The zero-order chi connectivity index (χ0) is 11.6. The molecule has 0 radical (unpaired) electrons. The molecule has 1 unspecified atom stereocenters. The molecule has 16 heavy (non-hydrogen) atoms. The highest BCUT2D eigenvalue weighted by Gasteiger charge is 2.28. The predicted octanol–water partition coefficient (Wildman–Crippen LogP) is 2.64. The molecule has 0 spiro atoms. The van der Waals surface area contributed by atoms with Gasteiger partial charge in [-0.05, 0) is 50.6 Å². The fraction of sp³-hybridized carbons (Fsp3) is 1.00. The third-order valence-electron chi connectivity index (χ3n) is 3.87. The summed E-state index contributed by atoms with van der Waals surface area (Å²) in [6.45, 7) is 10.9. The summed E-state index contributed by atoms with van der Waals surface area (Å²) < 4.78 is 0. The van der Waals surface area contributed by atoms with Crippen molar-refractivity contribution in [2.24, 2.45) is 5.41 Å². The van der Waals surface area contributed by atoms with Gasteiger partial charge in [-0.1, -0.05) is 20.8 Å². The molecule has 1 N–H and O–H groups in total. The lowest BCUT2D eigenvalue weighted by Gasteiger charge is -2.28. The second-order valence-corrected chi connectivity index (χ2v) is 6.83. The van der Waals surface area contributed by atoms with E-state index in [9.17, 15) is 0 Å². The Kier molecular flexibility index (Phi) is 3.91. The van der Waals surface area contributed by atoms with Crippen molar-refractivity contribution < 1.29 is 0 Å². The van der Waals surface area contributed by atoms with Crippen LogP contribution in [-0.4, -0.2) is 36.6 Å². The van der Waals surface area contributed by atoms with E-state index in [-0.39, 0.29) is 0 Å². The SMILES string of the molecule is CC(C)(C)CCN1CCCC1CNC1CC1. The molecule has 0 amide bonds. The zero-order valence-corrected chi connectivity index (χ0v) is 11.3. The maximum atomic E-state index is 3.68. The van der Waals surface area contributed by atoms with Crippen LogP contribution in [0.3, 0.4) is 0 Å². The van der Waals surface area contributed by atoms with E-state index in [0.717, 1.165) is 12.1 Å². The first kappa shape index (κ1) is 12.4. The van der Waals surface area contributed by atoms with Crippen LogP contribution in [-0.2, 0) is 0 Å². The van der Waals surface area contributed by atoms with Gasteiger partial charge >= 0.3 is 0 Å². The number of rotatable bonds is 5. The Labute approximate surface area is 101 Å². The molecule has 2 rings (SSSR count). The average molecular weight is 224 g/mol. The molecule has 2 fully saturated rings. The summed E-state index contributed by atoms with van der Waals surface area (Å²) in [5, 5.41) is 3.68. The minimum atomic E-state index is 0.483. The minimum absolute atomic E-state index is 0.483. The Morgan fingerprint density at radius 3 is 2.56 bits per heavy atom. The largest absolute Gasteiger partial charge is 0.312 e. The normalized spacial score (nSPS) is 27.6. The number of likely N-dealkylation sites (tertiary alicyclic amines) is 1. The topological polar surface area (TPSA) is 15.3 Å². The standard InChI is InChI=1S/C14H28N2/c1-14(2,3)8-10-16-9-4-5-13(16)11-15-12-6-7-12/h12-13,15H,4-11H2,1-3H3. The van der Waals surface area contributed by atoms with Crippen molar-refractivity contribution in [2.45, 2.75) is 65.0 Å². The second-order valence-electron chi connectivity index (χ2n) is 6.83. The van der Waals surface area contributed by atoms with Gasteiger partial charge in [-0.15, -0.1) is 0 Å². The third kappa shape index (κ3) is 4.06. The lowest BCUT2D eigenvalue weighted by molar-refractivity contribution is 0.209. The highest BCUT2D eigenvalue weighted by atomic mass is 15.2. The van der Waals surface area contributed by atoms with Gasteiger partial charge in [0.05, 0.1) is 0 Å². The average Bonchev–Trinajstić information content (AvgIpc) is 2.90. The van der Waals surface area contributed by atoms with E-state index in [1.165, 1.54) is 51.7 Å². The molecule has 2 nitrogen and oxygen atoms in total. The van der Waals surface area contributed by atoms with E-state index in [0.29, 0.717) is 5.41 Å². The van der Waals surface area contributed by atoms with Crippen molar-refractivity contribution in [3.63, 3.8) is 0 Å². The molecule has 0 aromatic rings. The quantitative estimate of drug-likeness (QED) is 0.772. The Morgan fingerprint density at radius 2 is 1.94 bits per heavy atom. The third-order valence-corrected chi connectivity index (χ3v) is 3.87. The molecule has 1 atom stereocenters. The Morgan fingerprint density at radius 1 is 1.19 bits per heavy atom. The summed E-state index contributed by atoms with van der Waals surface area (Å²) in [5.74, 6) is 0. The van der Waals surface area contributed by atoms with Crippen LogP contribution >= 0.6 is 0 Å². The van der Waals surface area contributed by atoms with Gasteiger partial charge in [0.25, 0.3) is 0 Å². The van der Waals surface area contributed by atoms with Crippen molar-refractivity contribution in [1.82, 2.24) is 10.2 Å². The summed E-state index contributed by atoms with van der Waals surface area (Å²) in [4.78, 5) is 2.71. The van der Waals surface area contributed by atoms with Gasteiger partial charge in [-0.2, -0.15) is 0 Å². The number of hydrogen-bond donors (Lipinski definition) is 1. The highest BCUT2D eigenvalue weighted by Crippen LogP contribution is 2.24. The van der Waals surface area contributed by atoms with E-state index in [1.54, 1.807) is 0 Å². The molecule has 1 heterocycles. The minimum Gasteiger partial charge on any atom is -0.312 e. The smallest absolute Gasteiger partial charge is 0.0221 e. The van der Waals surface area contributed by atoms with Gasteiger partial charge in [-0.25, -0.2) is 0 Å². The molecule has 1 aliphatic carbocycles. The lowest BCUT2D eigenvalue weighted by atomic mass is 9.92. The van der Waals surface area contributed by atoms with Gasteiger partial charge in [0.1, 0.15) is 0 Å². The Hall–Kier alpha value is -0.0800. The number of nitrogens with zero attached hydrogens (tertiary/aromatic N) is 1. The molecule has 1 aliphatic heterocycles. The highest BCUT2D eigenvalue weighted by molar-refractivity contribution is 4.87. The van der Waals surface area contributed by atoms with Crippen molar-refractivity contribution in [1.29, 1.82) is 0 Å². The first-order chi connectivity index (χ1) is 7.54. The van der Waals surface area contributed by atoms with Crippen molar-refractivity contribution in [3.05, 3.63) is 0 Å². The second kappa shape index (κ2) is 5.05. The predicted molar refractivity (Wildman–Crippen MR) is 69.7 cm³/mol. The summed E-state index contributed by atoms with van der Waals surface area (Å²) in [6.07, 6.45) is 6.96. The Bertz CT molecular complexity index is 215. The number of nitrogens with one attached hydrogen (secondary N) is 1. The Balaban J connectivity index is 1.69. The first-order valence-corrected chi connectivity index (χ1v) is 7.02. The molecular formula is C14H28N2. The molecule has 1 saturated carbocycles. The van der Waals surface area contributed by atoms with Gasteiger partial charge < -0.3 is 5.32 Å². The van der Waals surface area contributed by atoms with Crippen LogP contribution < -0.4 is 5.32 Å². The van der Waals surface area contributed by atoms with Gasteiger partial charge in [-0.3, -0.25) is 4.90 Å². The van der Waals surface area contributed by atoms with Gasteiger partial charge in [0, 0.05) is 18.6 Å². The molecule has 94 valence electrons. The fourth-order valence-corrected chi connectivity index (χ4v) is 2.49. The summed E-state index contributed by atoms with van der Waals surface area (Å²) >= 11 is 0. The maximum Gasteiger partial charge on any atom is 0.0221 e. The molecule has 2 aliphatic rings. The molecule has 0 aromatic carbocycles. The summed E-state index contributed by atoms with van der Waals surface area (Å²) in [6, 6.07) is 1.69. The van der Waals surface area contributed by atoms with Gasteiger partial charge in [0.2, 0.25) is 0 Å². The van der Waals surface area contributed by atoms with Crippen molar-refractivity contribution in [3.8, 4) is 0 Å². The van der Waals surface area contributed by atoms with E-state index >= 15 is 0 Å². The summed E-state index contributed by atoms with van der Waals surface area (Å²) in [7, 11) is 0. The van der Waals surface area contributed by atoms with Crippen LogP contribution in [0.5, 0.6) is 0 Å². The van der Waals surface area contributed by atoms with Crippen LogP contribution in [0.2, 0.25) is 0 Å². The molecule has 0 aromatic heterocycles. The van der Waals surface area contributed by atoms with Crippen molar-refractivity contribution in [2.75, 3.05) is 19.6 Å². The lowest BCUT2D eigenvalue weighted by Crippen LogP contribution is -2.39. The van der Waals surface area contributed by atoms with Crippen LogP contribution in [0.4, 0.5) is 0 Å². The van der Waals surface area contributed by atoms with E-state index < -0.39 is 0 Å². The van der Waals surface area contributed by atoms with E-state index in [4.69, 9.17) is 0 Å². The monoisotopic (exact) mass is 224 g/mol. The van der Waals surface area contributed by atoms with Crippen molar-refractivity contribution >= 4 is 0 Å². The molecule has 2 heteroatoms. The van der Waals surface area contributed by atoms with Gasteiger partial charge in [0.15, 0.2) is 0 Å². The summed E-state index contributed by atoms with van der Waals surface area (Å²) in [5.41, 5.74) is 0.483. The van der Waals surface area contributed by atoms with Crippen LogP contribution in [0.15, 0.2) is 0 Å². The molecule has 1 saturated heterocycles. The zero-order valence-electron chi connectivity index (χ0n) is 11.3. The maximum absolute atomic E-state index is 3.68.